The summed E-state index contributed by atoms with van der Waals surface area (Å²) in [7, 11) is 0. The second-order valence-electron chi connectivity index (χ2n) is 2.50. The van der Waals surface area contributed by atoms with E-state index in [1.165, 1.54) is 12.7 Å². The van der Waals surface area contributed by atoms with Gasteiger partial charge in [-0.1, -0.05) is 0 Å². The number of aromatic nitrogens is 6. The zero-order chi connectivity index (χ0) is 11.9. The van der Waals surface area contributed by atoms with E-state index in [2.05, 4.69) is 51.1 Å². The maximum Gasteiger partial charge on any atom is 0.270 e. The summed E-state index contributed by atoms with van der Waals surface area (Å²) in [6.45, 7) is 0. The van der Waals surface area contributed by atoms with Crippen molar-refractivity contribution in [3.63, 3.8) is 0 Å². The lowest BCUT2D eigenvalue weighted by Gasteiger charge is -1.91. The van der Waals surface area contributed by atoms with Crippen LogP contribution in [0.2, 0.25) is 0 Å². The van der Waals surface area contributed by atoms with Crippen LogP contribution in [0.5, 0.6) is 0 Å². The van der Waals surface area contributed by atoms with Crippen molar-refractivity contribution in [1.82, 2.24) is 30.4 Å². The Hall–Kier alpha value is -3.16. The summed E-state index contributed by atoms with van der Waals surface area (Å²) in [5.41, 5.74) is 2.44. The van der Waals surface area contributed by atoms with E-state index < -0.39 is 0 Å². The Bertz CT molecular complexity index is 541. The molecule has 2 rings (SSSR count). The summed E-state index contributed by atoms with van der Waals surface area (Å²) < 4.78 is 0. The van der Waals surface area contributed by atoms with Gasteiger partial charge in [0.25, 0.3) is 11.8 Å². The molecular weight excluding hydrogens is 226 g/mol. The zero-order valence-electron chi connectivity index (χ0n) is 8.23. The average Bonchev–Trinajstić information content (AvgIpc) is 3.02. The molecule has 2 heterocycles. The molecule has 0 aromatic carbocycles. The summed E-state index contributed by atoms with van der Waals surface area (Å²) in [6, 6.07) is 1.73. The van der Waals surface area contributed by atoms with E-state index in [4.69, 9.17) is 5.26 Å². The number of nitrogens with one attached hydrogen (secondary N) is 3. The predicted molar refractivity (Wildman–Crippen MR) is 54.0 cm³/mol. The zero-order valence-corrected chi connectivity index (χ0v) is 8.23. The Balaban J connectivity index is 2.02. The molecule has 0 aliphatic carbocycles. The van der Waals surface area contributed by atoms with Gasteiger partial charge in [-0.05, 0) is 0 Å². The maximum absolute atomic E-state index is 8.72. The summed E-state index contributed by atoms with van der Waals surface area (Å²) in [5, 5.41) is 31.6. The largest absolute Gasteiger partial charge is 0.270 e. The van der Waals surface area contributed by atoms with E-state index in [-0.39, 0.29) is 17.7 Å². The molecule has 0 amide bonds. The number of H-pyrrole nitrogens is 2. The molecule has 0 unspecified atom stereocenters. The number of aromatic amines is 2. The number of amidine groups is 1. The lowest BCUT2D eigenvalue weighted by Crippen LogP contribution is -1.97. The molecular formula is C6H5N11. The van der Waals surface area contributed by atoms with E-state index in [1.807, 2.05) is 0 Å². The molecule has 0 aliphatic heterocycles. The predicted octanol–water partition coefficient (Wildman–Crippen LogP) is -0.0443. The number of azo groups is 1. The fourth-order valence-corrected chi connectivity index (χ4v) is 0.777. The van der Waals surface area contributed by atoms with Gasteiger partial charge in [0.05, 0.1) is 0 Å². The molecule has 0 aliphatic rings. The summed E-state index contributed by atoms with van der Waals surface area (Å²) in [5.74, 6) is 0.262. The first-order chi connectivity index (χ1) is 8.38. The molecule has 0 fully saturated rings. The highest BCUT2D eigenvalue weighted by Crippen LogP contribution is 2.00. The molecule has 0 atom stereocenters. The minimum Gasteiger partial charge on any atom is -0.244 e. The SMILES string of the molecule is N#C/C(N=Nc1ncn[nH]1)=N/Nc1ncn[nH]1. The second-order valence-corrected chi connectivity index (χ2v) is 2.50. The van der Waals surface area contributed by atoms with E-state index in [0.29, 0.717) is 0 Å². The standard InChI is InChI=1S/C6H5N11/c7-1-4(12-16-5-8-2-10-14-5)13-17-6-9-3-11-15-6/h2-3H,(H,8,10,14)(H2,9,11,15,17)/b13-4-,16-12?. The molecule has 0 radical (unpaired) electrons. The molecule has 17 heavy (non-hydrogen) atoms. The number of hydrogen-bond donors (Lipinski definition) is 3. The number of rotatable bonds is 3. The van der Waals surface area contributed by atoms with Crippen molar-refractivity contribution >= 4 is 17.7 Å². The van der Waals surface area contributed by atoms with E-state index in [0.717, 1.165) is 0 Å². The summed E-state index contributed by atoms with van der Waals surface area (Å²) in [6.07, 6.45) is 2.56. The van der Waals surface area contributed by atoms with Crippen molar-refractivity contribution in [2.75, 3.05) is 5.43 Å². The average molecular weight is 231 g/mol. The van der Waals surface area contributed by atoms with Gasteiger partial charge < -0.3 is 0 Å². The first kappa shape index (κ1) is 10.4. The van der Waals surface area contributed by atoms with Crippen LogP contribution in [-0.4, -0.2) is 36.2 Å². The first-order valence-corrected chi connectivity index (χ1v) is 4.25. The van der Waals surface area contributed by atoms with Gasteiger partial charge in [0.1, 0.15) is 18.7 Å². The summed E-state index contributed by atoms with van der Waals surface area (Å²) >= 11 is 0. The first-order valence-electron chi connectivity index (χ1n) is 4.25. The quantitative estimate of drug-likeness (QED) is 0.291. The minimum absolute atomic E-state index is 0.174. The van der Waals surface area contributed by atoms with Crippen LogP contribution < -0.4 is 5.43 Å². The van der Waals surface area contributed by atoms with Gasteiger partial charge in [0.15, 0.2) is 0 Å². The third kappa shape index (κ3) is 2.89. The lowest BCUT2D eigenvalue weighted by molar-refractivity contribution is 1.05. The highest BCUT2D eigenvalue weighted by atomic mass is 15.4. The molecule has 84 valence electrons. The van der Waals surface area contributed by atoms with Crippen LogP contribution in [0.25, 0.3) is 0 Å². The highest BCUT2D eigenvalue weighted by Gasteiger charge is 1.97. The van der Waals surface area contributed by atoms with Crippen molar-refractivity contribution in [3.8, 4) is 6.07 Å². The number of nitriles is 1. The normalized spacial score (nSPS) is 11.6. The van der Waals surface area contributed by atoms with Gasteiger partial charge in [-0.25, -0.2) is 15.6 Å². The minimum atomic E-state index is -0.196. The fraction of sp³-hybridized carbons (Fsp3) is 0. The van der Waals surface area contributed by atoms with Gasteiger partial charge in [-0.2, -0.15) is 25.4 Å². The van der Waals surface area contributed by atoms with Crippen molar-refractivity contribution < 1.29 is 0 Å². The van der Waals surface area contributed by atoms with Crippen LogP contribution in [0.1, 0.15) is 0 Å². The van der Waals surface area contributed by atoms with E-state index >= 15 is 0 Å². The van der Waals surface area contributed by atoms with Gasteiger partial charge in [0, 0.05) is 0 Å². The van der Waals surface area contributed by atoms with Crippen molar-refractivity contribution in [2.24, 2.45) is 15.3 Å². The number of hydrazone groups is 1. The molecule has 3 N–H and O–H groups in total. The highest BCUT2D eigenvalue weighted by molar-refractivity contribution is 5.97. The molecule has 11 heteroatoms. The van der Waals surface area contributed by atoms with Crippen LogP contribution >= 0.6 is 0 Å². The van der Waals surface area contributed by atoms with Crippen LogP contribution in [0.15, 0.2) is 28.0 Å². The number of hydrogen-bond acceptors (Lipinski definition) is 8. The van der Waals surface area contributed by atoms with E-state index in [9.17, 15) is 0 Å². The van der Waals surface area contributed by atoms with Crippen LogP contribution in [0.4, 0.5) is 11.9 Å². The van der Waals surface area contributed by atoms with Crippen molar-refractivity contribution in [3.05, 3.63) is 12.7 Å². The van der Waals surface area contributed by atoms with Crippen LogP contribution in [-0.2, 0) is 0 Å². The smallest absolute Gasteiger partial charge is 0.244 e. The maximum atomic E-state index is 8.72. The lowest BCUT2D eigenvalue weighted by atomic mass is 10.7. The van der Waals surface area contributed by atoms with Gasteiger partial charge in [-0.15, -0.1) is 15.3 Å². The Labute approximate surface area is 93.7 Å². The topological polar surface area (TPSA) is 156 Å². The molecule has 2 aromatic heterocycles. The molecule has 0 spiro atoms. The molecule has 0 saturated carbocycles. The Kier molecular flexibility index (Phi) is 3.09. The number of anilines is 1. The molecule has 0 bridgehead atoms. The van der Waals surface area contributed by atoms with Crippen LogP contribution in [0.3, 0.4) is 0 Å². The number of nitrogens with zero attached hydrogens (tertiary/aromatic N) is 8. The van der Waals surface area contributed by atoms with Crippen molar-refractivity contribution in [2.45, 2.75) is 0 Å². The fourth-order valence-electron chi connectivity index (χ4n) is 0.777. The Morgan fingerprint density at radius 3 is 2.76 bits per heavy atom. The Morgan fingerprint density at radius 1 is 1.29 bits per heavy atom. The van der Waals surface area contributed by atoms with Crippen LogP contribution in [0, 0.1) is 11.3 Å². The third-order valence-electron chi connectivity index (χ3n) is 1.42. The monoisotopic (exact) mass is 231 g/mol. The molecule has 0 saturated heterocycles. The van der Waals surface area contributed by atoms with Crippen molar-refractivity contribution in [1.29, 1.82) is 5.26 Å². The van der Waals surface area contributed by atoms with Gasteiger partial charge >= 0.3 is 0 Å². The third-order valence-corrected chi connectivity index (χ3v) is 1.42. The second kappa shape index (κ2) is 5.07. The Morgan fingerprint density at radius 2 is 2.12 bits per heavy atom. The van der Waals surface area contributed by atoms with Gasteiger partial charge in [-0.3, -0.25) is 0 Å². The summed E-state index contributed by atoms with van der Waals surface area (Å²) in [4.78, 5) is 7.43. The molecule has 11 nitrogen and oxygen atoms in total. The van der Waals surface area contributed by atoms with E-state index in [1.54, 1.807) is 6.07 Å². The van der Waals surface area contributed by atoms with Gasteiger partial charge in [0.2, 0.25) is 5.95 Å². The molecule has 2 aromatic rings.